The zero-order chi connectivity index (χ0) is 27.6. The molecule has 1 saturated carbocycles. The molecule has 3 heterocycles. The van der Waals surface area contributed by atoms with Crippen LogP contribution in [-0.4, -0.2) is 92.6 Å². The van der Waals surface area contributed by atoms with Gasteiger partial charge in [0.05, 0.1) is 25.3 Å². The average Bonchev–Trinajstić information content (AvgIpc) is 3.73. The number of benzene rings is 1. The summed E-state index contributed by atoms with van der Waals surface area (Å²) in [6, 6.07) is 11.1. The lowest BCUT2D eigenvalue weighted by Gasteiger charge is -2.36. The number of anilines is 2. The molecule has 39 heavy (non-hydrogen) atoms. The normalized spacial score (nSPS) is 22.6. The van der Waals surface area contributed by atoms with Crippen LogP contribution in [-0.2, 0) is 9.53 Å². The van der Waals surface area contributed by atoms with Crippen LogP contribution >= 0.6 is 0 Å². The first kappa shape index (κ1) is 26.9. The van der Waals surface area contributed by atoms with Gasteiger partial charge in [-0.2, -0.15) is 0 Å². The molecule has 0 radical (unpaired) electrons. The first-order chi connectivity index (χ1) is 18.9. The summed E-state index contributed by atoms with van der Waals surface area (Å²) in [4.78, 5) is 49.7. The Hall–Kier alpha value is -3.66. The van der Waals surface area contributed by atoms with E-state index in [0.717, 1.165) is 38.4 Å². The number of amides is 2. The van der Waals surface area contributed by atoms with Gasteiger partial charge in [-0.1, -0.05) is 6.92 Å². The number of esters is 1. The van der Waals surface area contributed by atoms with Crippen LogP contribution in [0.25, 0.3) is 0 Å². The minimum Gasteiger partial charge on any atom is -0.481 e. The van der Waals surface area contributed by atoms with Gasteiger partial charge in [-0.05, 0) is 62.1 Å². The highest BCUT2D eigenvalue weighted by molar-refractivity contribution is 6.03. The van der Waals surface area contributed by atoms with Crippen LogP contribution < -0.4 is 15.0 Å². The predicted octanol–water partition coefficient (Wildman–Crippen LogP) is 2.90. The molecule has 0 bridgehead atoms. The summed E-state index contributed by atoms with van der Waals surface area (Å²) in [6.45, 7) is 8.54. The number of methoxy groups -OCH3 is 2. The standard InChI is InChI=1S/C29H37N5O5/c1-4-12-32-14-16-33(17-15-32)22-7-5-20(6-8-22)26(35)34-13-11-29(18-21(29)19-34)28(37)30-23-9-10-24(38-2)31-25(23)27(36)39-3/h5-10,21H,4,11-19H2,1-3H3,(H,30,37). The van der Waals surface area contributed by atoms with Gasteiger partial charge >= 0.3 is 5.97 Å². The number of nitrogens with zero attached hydrogens (tertiary/aromatic N) is 4. The fourth-order valence-corrected chi connectivity index (χ4v) is 5.89. The SMILES string of the molecule is CCCN1CCN(c2ccc(C(=O)N3CCC4(C(=O)Nc5ccc(OC)nc5C(=O)OC)CC4C3)cc2)CC1. The number of hydrogen-bond donors (Lipinski definition) is 1. The lowest BCUT2D eigenvalue weighted by molar-refractivity contribution is -0.122. The van der Waals surface area contributed by atoms with Crippen molar-refractivity contribution in [3.8, 4) is 5.88 Å². The minimum atomic E-state index is -0.653. The molecule has 2 aliphatic heterocycles. The second-order valence-electron chi connectivity index (χ2n) is 10.6. The number of piperidine rings is 1. The topological polar surface area (TPSA) is 104 Å². The molecule has 208 valence electrons. The summed E-state index contributed by atoms with van der Waals surface area (Å²) in [7, 11) is 2.72. The number of carbonyl (C=O) groups is 3. The Labute approximate surface area is 229 Å². The number of carbonyl (C=O) groups excluding carboxylic acids is 3. The van der Waals surface area contributed by atoms with Crippen LogP contribution in [0.3, 0.4) is 0 Å². The Morgan fingerprint density at radius 3 is 2.41 bits per heavy atom. The lowest BCUT2D eigenvalue weighted by atomic mass is 9.93. The number of nitrogens with one attached hydrogen (secondary N) is 1. The number of likely N-dealkylation sites (tertiary alicyclic amines) is 1. The van der Waals surface area contributed by atoms with Gasteiger partial charge in [0.25, 0.3) is 5.91 Å². The Kier molecular flexibility index (Phi) is 7.74. The summed E-state index contributed by atoms with van der Waals surface area (Å²) >= 11 is 0. The van der Waals surface area contributed by atoms with Crippen molar-refractivity contribution in [1.82, 2.24) is 14.8 Å². The van der Waals surface area contributed by atoms with Crippen molar-refractivity contribution in [3.05, 3.63) is 47.7 Å². The fraction of sp³-hybridized carbons (Fsp3) is 0.517. The quantitative estimate of drug-likeness (QED) is 0.515. The van der Waals surface area contributed by atoms with Crippen LogP contribution in [0.2, 0.25) is 0 Å². The molecular weight excluding hydrogens is 498 g/mol. The van der Waals surface area contributed by atoms with Crippen molar-refractivity contribution in [2.45, 2.75) is 26.2 Å². The number of ether oxygens (including phenoxy) is 2. The second kappa shape index (κ2) is 11.2. The summed E-state index contributed by atoms with van der Waals surface area (Å²) in [5.74, 6) is -0.464. The summed E-state index contributed by atoms with van der Waals surface area (Å²) < 4.78 is 9.92. The van der Waals surface area contributed by atoms with E-state index in [-0.39, 0.29) is 35.0 Å². The Balaban J connectivity index is 1.18. The summed E-state index contributed by atoms with van der Waals surface area (Å²) in [5.41, 5.74) is 1.58. The number of fused-ring (bicyclic) bond motifs is 1. The molecule has 1 aromatic heterocycles. The number of piperazine rings is 1. The number of aromatic nitrogens is 1. The maximum absolute atomic E-state index is 13.3. The minimum absolute atomic E-state index is 0.00213. The molecule has 0 spiro atoms. The van der Waals surface area contributed by atoms with E-state index in [0.29, 0.717) is 31.5 Å². The Morgan fingerprint density at radius 1 is 1.03 bits per heavy atom. The molecule has 1 N–H and O–H groups in total. The van der Waals surface area contributed by atoms with Crippen molar-refractivity contribution in [2.75, 3.05) is 70.2 Å². The highest BCUT2D eigenvalue weighted by Crippen LogP contribution is 2.58. The third kappa shape index (κ3) is 5.43. The van der Waals surface area contributed by atoms with E-state index in [1.54, 1.807) is 12.1 Å². The lowest BCUT2D eigenvalue weighted by Crippen LogP contribution is -2.46. The van der Waals surface area contributed by atoms with Crippen molar-refractivity contribution < 1.29 is 23.9 Å². The molecule has 10 nitrogen and oxygen atoms in total. The van der Waals surface area contributed by atoms with E-state index in [1.165, 1.54) is 20.6 Å². The second-order valence-corrected chi connectivity index (χ2v) is 10.6. The van der Waals surface area contributed by atoms with Gasteiger partial charge < -0.3 is 24.6 Å². The molecule has 3 fully saturated rings. The molecule has 5 rings (SSSR count). The Morgan fingerprint density at radius 2 is 1.77 bits per heavy atom. The van der Waals surface area contributed by atoms with Crippen LogP contribution in [0.1, 0.15) is 47.0 Å². The van der Waals surface area contributed by atoms with E-state index >= 15 is 0 Å². The largest absolute Gasteiger partial charge is 0.481 e. The van der Waals surface area contributed by atoms with E-state index < -0.39 is 11.4 Å². The van der Waals surface area contributed by atoms with E-state index in [1.807, 2.05) is 29.2 Å². The smallest absolute Gasteiger partial charge is 0.358 e. The maximum Gasteiger partial charge on any atom is 0.358 e. The molecular formula is C29H37N5O5. The molecule has 10 heteroatoms. The average molecular weight is 536 g/mol. The molecule has 1 aliphatic carbocycles. The van der Waals surface area contributed by atoms with E-state index in [2.05, 4.69) is 27.0 Å². The molecule has 1 aromatic carbocycles. The molecule has 2 saturated heterocycles. The van der Waals surface area contributed by atoms with Crippen LogP contribution in [0.5, 0.6) is 5.88 Å². The molecule has 2 atom stereocenters. The third-order valence-electron chi connectivity index (χ3n) is 8.34. The van der Waals surface area contributed by atoms with Crippen molar-refractivity contribution in [1.29, 1.82) is 0 Å². The van der Waals surface area contributed by atoms with Crippen LogP contribution in [0, 0.1) is 11.3 Å². The molecule has 3 aliphatic rings. The number of pyridine rings is 1. The monoisotopic (exact) mass is 535 g/mol. The van der Waals surface area contributed by atoms with Crippen LogP contribution in [0.15, 0.2) is 36.4 Å². The van der Waals surface area contributed by atoms with Gasteiger partial charge in [-0.25, -0.2) is 9.78 Å². The van der Waals surface area contributed by atoms with Gasteiger partial charge in [-0.3, -0.25) is 14.5 Å². The van der Waals surface area contributed by atoms with Gasteiger partial charge in [0.15, 0.2) is 5.69 Å². The molecule has 2 unspecified atom stereocenters. The highest BCUT2D eigenvalue weighted by Gasteiger charge is 2.62. The Bertz CT molecular complexity index is 1230. The first-order valence-electron chi connectivity index (χ1n) is 13.7. The fourth-order valence-electron chi connectivity index (χ4n) is 5.89. The van der Waals surface area contributed by atoms with E-state index in [4.69, 9.17) is 9.47 Å². The van der Waals surface area contributed by atoms with Gasteiger partial charge in [0.1, 0.15) is 0 Å². The number of rotatable bonds is 8. The zero-order valence-electron chi connectivity index (χ0n) is 22.9. The van der Waals surface area contributed by atoms with Gasteiger partial charge in [0.2, 0.25) is 11.8 Å². The maximum atomic E-state index is 13.3. The third-order valence-corrected chi connectivity index (χ3v) is 8.34. The number of hydrogen-bond acceptors (Lipinski definition) is 8. The van der Waals surface area contributed by atoms with Crippen molar-refractivity contribution in [3.63, 3.8) is 0 Å². The summed E-state index contributed by atoms with van der Waals surface area (Å²) in [6.07, 6.45) is 2.46. The highest BCUT2D eigenvalue weighted by atomic mass is 16.5. The van der Waals surface area contributed by atoms with Gasteiger partial charge in [0, 0.05) is 56.6 Å². The van der Waals surface area contributed by atoms with Crippen LogP contribution in [0.4, 0.5) is 11.4 Å². The van der Waals surface area contributed by atoms with Crippen molar-refractivity contribution in [2.24, 2.45) is 11.3 Å². The zero-order valence-corrected chi connectivity index (χ0v) is 22.9. The molecule has 2 aromatic rings. The molecule has 2 amide bonds. The predicted molar refractivity (Wildman–Crippen MR) is 147 cm³/mol. The summed E-state index contributed by atoms with van der Waals surface area (Å²) in [5, 5.41) is 2.88. The first-order valence-corrected chi connectivity index (χ1v) is 13.7. The van der Waals surface area contributed by atoms with Crippen molar-refractivity contribution >= 4 is 29.2 Å². The van der Waals surface area contributed by atoms with Gasteiger partial charge in [-0.15, -0.1) is 0 Å². The van der Waals surface area contributed by atoms with E-state index in [9.17, 15) is 14.4 Å².